The fourth-order valence-electron chi connectivity index (χ4n) is 3.83. The number of benzene rings is 3. The summed E-state index contributed by atoms with van der Waals surface area (Å²) in [6.07, 6.45) is 5.11. The van der Waals surface area contributed by atoms with E-state index in [1.54, 1.807) is 0 Å². The molecule has 4 rings (SSSR count). The highest BCUT2D eigenvalue weighted by Gasteiger charge is 2.15. The van der Waals surface area contributed by atoms with Crippen LogP contribution in [0.25, 0.3) is 10.9 Å². The predicted molar refractivity (Wildman–Crippen MR) is 119 cm³/mol. The van der Waals surface area contributed by atoms with Crippen molar-refractivity contribution < 1.29 is 4.79 Å². The third-order valence-corrected chi connectivity index (χ3v) is 5.34. The van der Waals surface area contributed by atoms with E-state index in [1.807, 2.05) is 42.5 Å². The van der Waals surface area contributed by atoms with Gasteiger partial charge in [-0.05, 0) is 42.0 Å². The standard InChI is InChI=1S/C26H26N2O/c29-26(17-9-14-22-19-27-24-16-8-7-15-23(22)24)28-25(21-12-5-2-6-13-21)18-20-10-3-1-4-11-20/h1-8,10-13,15-16,19,25,27H,9,14,17-18H2,(H,28,29)/t25-/m0/s1. The summed E-state index contributed by atoms with van der Waals surface area (Å²) in [7, 11) is 0. The molecule has 0 aliphatic carbocycles. The van der Waals surface area contributed by atoms with Crippen molar-refractivity contribution in [3.05, 3.63) is 108 Å². The van der Waals surface area contributed by atoms with Gasteiger partial charge in [-0.25, -0.2) is 0 Å². The number of H-pyrrole nitrogens is 1. The number of aromatic nitrogens is 1. The number of carbonyl (C=O) groups excluding carboxylic acids is 1. The number of carbonyl (C=O) groups is 1. The van der Waals surface area contributed by atoms with E-state index in [4.69, 9.17) is 0 Å². The first kappa shape index (κ1) is 19.0. The molecule has 0 bridgehead atoms. The first-order chi connectivity index (χ1) is 14.3. The van der Waals surface area contributed by atoms with Crippen molar-refractivity contribution in [2.24, 2.45) is 0 Å². The van der Waals surface area contributed by atoms with Crippen LogP contribution in [-0.4, -0.2) is 10.9 Å². The third kappa shape index (κ3) is 4.94. The largest absolute Gasteiger partial charge is 0.361 e. The van der Waals surface area contributed by atoms with Crippen LogP contribution in [0.15, 0.2) is 91.1 Å². The molecule has 0 fully saturated rings. The molecule has 0 unspecified atom stereocenters. The maximum absolute atomic E-state index is 12.7. The van der Waals surface area contributed by atoms with Gasteiger partial charge in [-0.3, -0.25) is 4.79 Å². The van der Waals surface area contributed by atoms with Crippen LogP contribution < -0.4 is 5.32 Å². The summed E-state index contributed by atoms with van der Waals surface area (Å²) in [5, 5.41) is 4.50. The van der Waals surface area contributed by atoms with E-state index in [9.17, 15) is 4.79 Å². The normalized spacial score (nSPS) is 12.0. The summed E-state index contributed by atoms with van der Waals surface area (Å²) in [6.45, 7) is 0. The van der Waals surface area contributed by atoms with Gasteiger partial charge in [0.25, 0.3) is 0 Å². The first-order valence-corrected chi connectivity index (χ1v) is 10.2. The van der Waals surface area contributed by atoms with E-state index in [2.05, 4.69) is 59.0 Å². The zero-order valence-electron chi connectivity index (χ0n) is 16.5. The fraction of sp³-hybridized carbons (Fsp3) is 0.192. The number of rotatable bonds is 8. The Kier molecular flexibility index (Phi) is 6.06. The molecule has 2 N–H and O–H groups in total. The Morgan fingerprint density at radius 2 is 1.55 bits per heavy atom. The van der Waals surface area contributed by atoms with Gasteiger partial charge >= 0.3 is 0 Å². The zero-order valence-corrected chi connectivity index (χ0v) is 16.5. The van der Waals surface area contributed by atoms with Crippen LogP contribution in [0.2, 0.25) is 0 Å². The second kappa shape index (κ2) is 9.24. The molecule has 1 amide bonds. The molecule has 3 aromatic carbocycles. The molecule has 0 saturated heterocycles. The summed E-state index contributed by atoms with van der Waals surface area (Å²) >= 11 is 0. The zero-order chi connectivity index (χ0) is 19.9. The van der Waals surface area contributed by atoms with Crippen LogP contribution in [0.3, 0.4) is 0 Å². The summed E-state index contributed by atoms with van der Waals surface area (Å²) in [5.74, 6) is 0.106. The molecule has 0 aliphatic heterocycles. The van der Waals surface area contributed by atoms with Crippen LogP contribution in [0.1, 0.15) is 35.6 Å². The number of aryl methyl sites for hydroxylation is 1. The van der Waals surface area contributed by atoms with Crippen molar-refractivity contribution in [3.63, 3.8) is 0 Å². The van der Waals surface area contributed by atoms with E-state index in [0.717, 1.165) is 30.3 Å². The Bertz CT molecular complexity index is 1050. The van der Waals surface area contributed by atoms with Crippen LogP contribution in [-0.2, 0) is 17.6 Å². The molecule has 0 spiro atoms. The van der Waals surface area contributed by atoms with Gasteiger partial charge in [-0.2, -0.15) is 0 Å². The third-order valence-electron chi connectivity index (χ3n) is 5.34. The van der Waals surface area contributed by atoms with Gasteiger partial charge in [0.2, 0.25) is 5.91 Å². The summed E-state index contributed by atoms with van der Waals surface area (Å²) in [4.78, 5) is 16.0. The van der Waals surface area contributed by atoms with Crippen molar-refractivity contribution in [1.29, 1.82) is 0 Å². The molecule has 0 saturated carbocycles. The van der Waals surface area contributed by atoms with Gasteiger partial charge in [0.05, 0.1) is 6.04 Å². The maximum Gasteiger partial charge on any atom is 0.220 e. The fourth-order valence-corrected chi connectivity index (χ4v) is 3.83. The van der Waals surface area contributed by atoms with Crippen molar-refractivity contribution in [1.82, 2.24) is 10.3 Å². The highest BCUT2D eigenvalue weighted by Crippen LogP contribution is 2.21. The Hall–Kier alpha value is -3.33. The smallest absolute Gasteiger partial charge is 0.220 e. The van der Waals surface area contributed by atoms with Gasteiger partial charge in [0.1, 0.15) is 0 Å². The number of aromatic amines is 1. The summed E-state index contributed by atoms with van der Waals surface area (Å²) in [6, 6.07) is 28.8. The minimum atomic E-state index is -0.0146. The molecule has 3 heteroatoms. The highest BCUT2D eigenvalue weighted by atomic mass is 16.1. The summed E-state index contributed by atoms with van der Waals surface area (Å²) < 4.78 is 0. The SMILES string of the molecule is O=C(CCCc1c[nH]c2ccccc12)N[C@@H](Cc1ccccc1)c1ccccc1. The van der Waals surface area contributed by atoms with Crippen molar-refractivity contribution in [3.8, 4) is 0 Å². The maximum atomic E-state index is 12.7. The van der Waals surface area contributed by atoms with Gasteiger partial charge in [-0.15, -0.1) is 0 Å². The van der Waals surface area contributed by atoms with E-state index < -0.39 is 0 Å². The average Bonchev–Trinajstić information content (AvgIpc) is 3.18. The van der Waals surface area contributed by atoms with Gasteiger partial charge in [0, 0.05) is 23.5 Å². The van der Waals surface area contributed by atoms with Gasteiger partial charge in [-0.1, -0.05) is 78.9 Å². The second-order valence-electron chi connectivity index (χ2n) is 7.43. The highest BCUT2D eigenvalue weighted by molar-refractivity contribution is 5.83. The molecule has 0 radical (unpaired) electrons. The summed E-state index contributed by atoms with van der Waals surface area (Å²) in [5.41, 5.74) is 4.79. The number of amides is 1. The molecular weight excluding hydrogens is 356 g/mol. The number of para-hydroxylation sites is 1. The van der Waals surface area contributed by atoms with E-state index >= 15 is 0 Å². The molecule has 3 nitrogen and oxygen atoms in total. The van der Waals surface area contributed by atoms with Gasteiger partial charge in [0.15, 0.2) is 0 Å². The van der Waals surface area contributed by atoms with Crippen LogP contribution in [0.4, 0.5) is 0 Å². The number of hydrogen-bond donors (Lipinski definition) is 2. The Labute approximate surface area is 171 Å². The van der Waals surface area contributed by atoms with Crippen LogP contribution in [0, 0.1) is 0 Å². The molecule has 4 aromatic rings. The quantitative estimate of drug-likeness (QED) is 0.410. The van der Waals surface area contributed by atoms with Crippen molar-refractivity contribution in [2.45, 2.75) is 31.7 Å². The van der Waals surface area contributed by atoms with Crippen LogP contribution in [0.5, 0.6) is 0 Å². The molecule has 1 atom stereocenters. The molecule has 146 valence electrons. The van der Waals surface area contributed by atoms with E-state index in [0.29, 0.717) is 6.42 Å². The van der Waals surface area contributed by atoms with Crippen LogP contribution >= 0.6 is 0 Å². The van der Waals surface area contributed by atoms with E-state index in [1.165, 1.54) is 16.5 Å². The van der Waals surface area contributed by atoms with Gasteiger partial charge < -0.3 is 10.3 Å². The minimum Gasteiger partial charge on any atom is -0.361 e. The lowest BCUT2D eigenvalue weighted by atomic mass is 9.98. The van der Waals surface area contributed by atoms with E-state index in [-0.39, 0.29) is 11.9 Å². The number of nitrogens with one attached hydrogen (secondary N) is 2. The second-order valence-corrected chi connectivity index (χ2v) is 7.43. The monoisotopic (exact) mass is 382 g/mol. The number of hydrogen-bond acceptors (Lipinski definition) is 1. The predicted octanol–water partition coefficient (Wildman–Crippen LogP) is 5.59. The first-order valence-electron chi connectivity index (χ1n) is 10.2. The Morgan fingerprint density at radius 1 is 0.862 bits per heavy atom. The molecule has 0 aliphatic rings. The van der Waals surface area contributed by atoms with Crippen molar-refractivity contribution >= 4 is 16.8 Å². The molecule has 1 heterocycles. The topological polar surface area (TPSA) is 44.9 Å². The molecule has 29 heavy (non-hydrogen) atoms. The number of fused-ring (bicyclic) bond motifs is 1. The lowest BCUT2D eigenvalue weighted by Crippen LogP contribution is -2.29. The minimum absolute atomic E-state index is 0.0146. The van der Waals surface area contributed by atoms with Crippen molar-refractivity contribution in [2.75, 3.05) is 0 Å². The Balaban J connectivity index is 1.37. The lowest BCUT2D eigenvalue weighted by Gasteiger charge is -2.19. The lowest BCUT2D eigenvalue weighted by molar-refractivity contribution is -0.121. The Morgan fingerprint density at radius 3 is 2.34 bits per heavy atom. The molecular formula is C26H26N2O. The molecule has 1 aromatic heterocycles. The average molecular weight is 383 g/mol.